The van der Waals surface area contributed by atoms with Crippen molar-refractivity contribution in [2.75, 3.05) is 29.9 Å². The molecule has 7 nitrogen and oxygen atoms in total. The topological polar surface area (TPSA) is 82.2 Å². The van der Waals surface area contributed by atoms with Gasteiger partial charge in [0.05, 0.1) is 11.3 Å². The van der Waals surface area contributed by atoms with Gasteiger partial charge < -0.3 is 15.5 Å². The highest BCUT2D eigenvalue weighted by molar-refractivity contribution is 5.94. The second-order valence-corrected chi connectivity index (χ2v) is 8.50. The van der Waals surface area contributed by atoms with Gasteiger partial charge in [0.2, 0.25) is 0 Å². The van der Waals surface area contributed by atoms with E-state index in [-0.39, 0.29) is 34.9 Å². The van der Waals surface area contributed by atoms with Crippen molar-refractivity contribution in [3.05, 3.63) is 35.5 Å². The van der Waals surface area contributed by atoms with E-state index in [9.17, 15) is 31.1 Å². The maximum absolute atomic E-state index is 13.8. The van der Waals surface area contributed by atoms with E-state index in [0.717, 1.165) is 18.3 Å². The molecule has 13 heteroatoms. The van der Waals surface area contributed by atoms with E-state index >= 15 is 0 Å². The molecule has 2 aliphatic rings. The second kappa shape index (κ2) is 8.60. The molecule has 1 fully saturated rings. The third kappa shape index (κ3) is 4.61. The van der Waals surface area contributed by atoms with Crippen LogP contribution in [0.1, 0.15) is 31.0 Å². The van der Waals surface area contributed by atoms with Crippen molar-refractivity contribution in [1.82, 2.24) is 20.6 Å². The van der Waals surface area contributed by atoms with Crippen LogP contribution in [0.3, 0.4) is 0 Å². The first-order valence-electron chi connectivity index (χ1n) is 10.6. The van der Waals surface area contributed by atoms with Crippen molar-refractivity contribution in [3.8, 4) is 11.3 Å². The van der Waals surface area contributed by atoms with Crippen LogP contribution >= 0.6 is 0 Å². The van der Waals surface area contributed by atoms with E-state index < -0.39 is 35.6 Å². The summed E-state index contributed by atoms with van der Waals surface area (Å²) in [5.41, 5.74) is -2.02. The number of aromatic nitrogens is 2. The predicted molar refractivity (Wildman–Crippen MR) is 112 cm³/mol. The van der Waals surface area contributed by atoms with Gasteiger partial charge in [-0.15, -0.1) is 0 Å². The van der Waals surface area contributed by atoms with Crippen LogP contribution in [0.15, 0.2) is 24.4 Å². The molecule has 2 aromatic rings. The first kappa shape index (κ1) is 24.0. The van der Waals surface area contributed by atoms with Crippen LogP contribution < -0.4 is 20.9 Å². The van der Waals surface area contributed by atoms with E-state index in [1.54, 1.807) is 10.2 Å². The van der Waals surface area contributed by atoms with Gasteiger partial charge in [0.15, 0.2) is 6.04 Å². The van der Waals surface area contributed by atoms with Gasteiger partial charge in [0.25, 0.3) is 0 Å². The maximum atomic E-state index is 13.8. The minimum atomic E-state index is -4.91. The Morgan fingerprint density at radius 3 is 2.53 bits per heavy atom. The van der Waals surface area contributed by atoms with Crippen molar-refractivity contribution < 1.29 is 31.1 Å². The molecule has 34 heavy (non-hydrogen) atoms. The number of urea groups is 1. The first-order valence-corrected chi connectivity index (χ1v) is 10.6. The van der Waals surface area contributed by atoms with E-state index in [1.165, 1.54) is 6.07 Å². The van der Waals surface area contributed by atoms with Crippen molar-refractivity contribution in [1.29, 1.82) is 0 Å². The second-order valence-electron chi connectivity index (χ2n) is 8.50. The lowest BCUT2D eigenvalue weighted by molar-refractivity contribution is -0.155. The van der Waals surface area contributed by atoms with E-state index in [1.807, 2.05) is 13.8 Å². The fourth-order valence-electron chi connectivity index (χ4n) is 4.25. The Morgan fingerprint density at radius 1 is 1.15 bits per heavy atom. The van der Waals surface area contributed by atoms with Gasteiger partial charge in [0, 0.05) is 43.0 Å². The van der Waals surface area contributed by atoms with Crippen LogP contribution in [0.4, 0.5) is 42.8 Å². The number of fused-ring (bicyclic) bond motifs is 1. The quantitative estimate of drug-likeness (QED) is 0.561. The summed E-state index contributed by atoms with van der Waals surface area (Å²) in [6.45, 7) is 5.30. The Balaban J connectivity index is 1.92. The smallest absolute Gasteiger partial charge is 0.351 e. The van der Waals surface area contributed by atoms with Gasteiger partial charge in [-0.05, 0) is 24.1 Å². The summed E-state index contributed by atoms with van der Waals surface area (Å²) >= 11 is 0. The molecule has 0 radical (unpaired) electrons. The normalized spacial score (nSPS) is 21.2. The molecule has 2 amide bonds. The lowest BCUT2D eigenvalue weighted by Crippen LogP contribution is -2.54. The fraction of sp³-hybridized carbons (Fsp3) is 0.476. The number of alkyl halides is 6. The van der Waals surface area contributed by atoms with Gasteiger partial charge in [-0.2, -0.15) is 26.3 Å². The monoisotopic (exact) mass is 488 g/mol. The molecule has 0 bridgehead atoms. The Hall–Kier alpha value is -3.09. The van der Waals surface area contributed by atoms with Crippen molar-refractivity contribution >= 4 is 17.7 Å². The molecule has 4 rings (SSSR count). The van der Waals surface area contributed by atoms with Crippen molar-refractivity contribution in [2.24, 2.45) is 5.92 Å². The molecule has 0 aliphatic carbocycles. The molecule has 2 aromatic heterocycles. The highest BCUT2D eigenvalue weighted by Gasteiger charge is 2.47. The van der Waals surface area contributed by atoms with Crippen LogP contribution in [-0.2, 0) is 6.18 Å². The molecular formula is C21H22F6N6O. The van der Waals surface area contributed by atoms with Gasteiger partial charge in [-0.1, -0.05) is 13.8 Å². The summed E-state index contributed by atoms with van der Waals surface area (Å²) in [5, 5.41) is 7.17. The van der Waals surface area contributed by atoms with Crippen molar-refractivity contribution in [3.63, 3.8) is 0 Å². The van der Waals surface area contributed by atoms with Crippen LogP contribution in [0.25, 0.3) is 11.3 Å². The number of nitrogens with one attached hydrogen (secondary N) is 3. The number of rotatable bonds is 3. The lowest BCUT2D eigenvalue weighted by Gasteiger charge is -2.40. The molecule has 3 N–H and O–H groups in total. The summed E-state index contributed by atoms with van der Waals surface area (Å²) in [6, 6.07) is -0.928. The number of amides is 2. The van der Waals surface area contributed by atoms with E-state index in [0.29, 0.717) is 19.6 Å². The van der Waals surface area contributed by atoms with E-state index in [4.69, 9.17) is 0 Å². The number of hydrogen-bond donors (Lipinski definition) is 3. The Kier molecular flexibility index (Phi) is 6.08. The summed E-state index contributed by atoms with van der Waals surface area (Å²) < 4.78 is 82.8. The molecule has 0 aromatic carbocycles. The molecular weight excluding hydrogens is 466 g/mol. The summed E-state index contributed by atoms with van der Waals surface area (Å²) in [7, 11) is 0. The molecule has 4 heterocycles. The van der Waals surface area contributed by atoms with Crippen LogP contribution in [-0.4, -0.2) is 47.9 Å². The fourth-order valence-corrected chi connectivity index (χ4v) is 4.25. The zero-order chi connectivity index (χ0) is 24.8. The highest BCUT2D eigenvalue weighted by Crippen LogP contribution is 2.44. The zero-order valence-electron chi connectivity index (χ0n) is 18.2. The standard InChI is InChI=1S/C21H22F6N6O/c1-10(2)14-9-28-5-6-33(14)15-8-11(20(22,23)24)7-13(30-15)12-3-4-29-18-16(12)17(21(25,26)27)31-19(34)32-18/h3-4,7-8,10,14,17,28H,5-6,9H2,1-2H3,(H2,29,31,32,34). The van der Waals surface area contributed by atoms with Crippen LogP contribution in [0.2, 0.25) is 0 Å². The van der Waals surface area contributed by atoms with Crippen molar-refractivity contribution in [2.45, 2.75) is 38.3 Å². The zero-order valence-corrected chi connectivity index (χ0v) is 18.2. The number of carbonyl (C=O) groups excluding carboxylic acids is 1. The highest BCUT2D eigenvalue weighted by atomic mass is 19.4. The van der Waals surface area contributed by atoms with Gasteiger partial charge in [0.1, 0.15) is 11.6 Å². The van der Waals surface area contributed by atoms with Crippen LogP contribution in [0, 0.1) is 5.92 Å². The summed E-state index contributed by atoms with van der Waals surface area (Å²) in [5.74, 6) is -0.284. The average molecular weight is 488 g/mol. The summed E-state index contributed by atoms with van der Waals surface area (Å²) in [4.78, 5) is 21.7. The van der Waals surface area contributed by atoms with Gasteiger partial charge in [-0.25, -0.2) is 14.8 Å². The molecule has 184 valence electrons. The lowest BCUT2D eigenvalue weighted by atomic mass is 9.95. The number of piperazine rings is 1. The minimum absolute atomic E-state index is 0.0203. The third-order valence-electron chi connectivity index (χ3n) is 5.88. The molecule has 2 unspecified atom stereocenters. The number of halogens is 6. The third-order valence-corrected chi connectivity index (χ3v) is 5.88. The maximum Gasteiger partial charge on any atom is 0.416 e. The number of carbonyl (C=O) groups is 1. The van der Waals surface area contributed by atoms with Gasteiger partial charge >= 0.3 is 18.4 Å². The van der Waals surface area contributed by atoms with Crippen LogP contribution in [0.5, 0.6) is 0 Å². The Bertz CT molecular complexity index is 1090. The number of nitrogens with zero attached hydrogens (tertiary/aromatic N) is 3. The molecule has 1 saturated heterocycles. The summed E-state index contributed by atoms with van der Waals surface area (Å²) in [6.07, 6.45) is -8.54. The molecule has 2 atom stereocenters. The van der Waals surface area contributed by atoms with Gasteiger partial charge in [-0.3, -0.25) is 5.32 Å². The largest absolute Gasteiger partial charge is 0.416 e. The Morgan fingerprint density at radius 2 is 1.88 bits per heavy atom. The van der Waals surface area contributed by atoms with E-state index in [2.05, 4.69) is 20.6 Å². The minimum Gasteiger partial charge on any atom is -0.351 e. The Labute approximate surface area is 190 Å². The molecule has 0 spiro atoms. The SMILES string of the molecule is CC(C)C1CNCCN1c1cc(C(F)(F)F)cc(-c2ccnc3c2C(C(F)(F)F)NC(=O)N3)n1. The number of hydrogen-bond acceptors (Lipinski definition) is 5. The predicted octanol–water partition coefficient (Wildman–Crippen LogP) is 4.34. The number of pyridine rings is 2. The molecule has 0 saturated carbocycles. The average Bonchev–Trinajstić information content (AvgIpc) is 2.76. The molecule has 2 aliphatic heterocycles. The first-order chi connectivity index (χ1) is 15.9. The number of anilines is 2.